The maximum absolute atomic E-state index is 12.2. The molecule has 2 heterocycles. The van der Waals surface area contributed by atoms with Gasteiger partial charge in [-0.15, -0.1) is 5.06 Å². The van der Waals surface area contributed by atoms with E-state index in [-0.39, 0.29) is 58.9 Å². The number of hydroxylamine groups is 2. The van der Waals surface area contributed by atoms with Crippen LogP contribution in [0.3, 0.4) is 0 Å². The number of hydrogen-bond donors (Lipinski definition) is 0. The van der Waals surface area contributed by atoms with E-state index in [9.17, 15) is 36.9 Å². The van der Waals surface area contributed by atoms with Gasteiger partial charge in [-0.05, 0) is 31.6 Å². The zero-order valence-corrected chi connectivity index (χ0v) is 18.4. The second-order valence-electron chi connectivity index (χ2n) is 6.96. The zero-order valence-electron chi connectivity index (χ0n) is 15.6. The van der Waals surface area contributed by atoms with Crippen molar-refractivity contribution in [3.63, 3.8) is 0 Å². The number of carbonyl (C=O) groups excluding carboxylic acids is 5. The van der Waals surface area contributed by atoms with Crippen molar-refractivity contribution < 1.29 is 71.3 Å². The van der Waals surface area contributed by atoms with Crippen LogP contribution in [0, 0.1) is 11.8 Å². The Morgan fingerprint density at radius 2 is 1.62 bits per heavy atom. The first-order valence-electron chi connectivity index (χ1n) is 8.64. The number of hydrogen-bond acceptors (Lipinski definition) is 9. The van der Waals surface area contributed by atoms with E-state index in [1.807, 2.05) is 0 Å². The first-order valence-corrected chi connectivity index (χ1v) is 10.1. The summed E-state index contributed by atoms with van der Waals surface area (Å²) < 4.78 is 33.0. The molecule has 11 nitrogen and oxygen atoms in total. The molecule has 13 heteroatoms. The van der Waals surface area contributed by atoms with Crippen molar-refractivity contribution in [3.05, 3.63) is 12.2 Å². The van der Waals surface area contributed by atoms with Crippen molar-refractivity contribution in [2.45, 2.75) is 37.4 Å². The summed E-state index contributed by atoms with van der Waals surface area (Å²) in [5, 5.41) is -2.02. The van der Waals surface area contributed by atoms with Gasteiger partial charge in [0.25, 0.3) is 23.6 Å². The van der Waals surface area contributed by atoms with E-state index in [0.717, 1.165) is 4.90 Å². The van der Waals surface area contributed by atoms with Crippen molar-refractivity contribution in [1.29, 1.82) is 0 Å². The Bertz CT molecular complexity index is 859. The summed E-state index contributed by atoms with van der Waals surface area (Å²) in [6.07, 6.45) is 3.30. The van der Waals surface area contributed by atoms with Crippen molar-refractivity contribution in [2.24, 2.45) is 11.8 Å². The van der Waals surface area contributed by atoms with Gasteiger partial charge in [-0.1, -0.05) is 0 Å². The Kier molecular flexibility index (Phi) is 7.38. The fraction of sp³-hybridized carbons (Fsp3) is 0.562. The van der Waals surface area contributed by atoms with Crippen LogP contribution in [0.2, 0.25) is 0 Å². The minimum atomic E-state index is -5.02. The zero-order chi connectivity index (χ0) is 20.6. The third-order valence-electron chi connectivity index (χ3n) is 5.11. The van der Waals surface area contributed by atoms with Gasteiger partial charge in [0.2, 0.25) is 0 Å². The van der Waals surface area contributed by atoms with Crippen molar-refractivity contribution in [3.8, 4) is 0 Å². The maximum atomic E-state index is 12.2. The maximum Gasteiger partial charge on any atom is 1.00 e. The van der Waals surface area contributed by atoms with E-state index in [0.29, 0.717) is 25.7 Å². The van der Waals surface area contributed by atoms with E-state index in [4.69, 9.17) is 4.84 Å². The molecule has 3 aliphatic rings. The summed E-state index contributed by atoms with van der Waals surface area (Å²) in [6, 6.07) is 0. The second kappa shape index (κ2) is 9.04. The van der Waals surface area contributed by atoms with Crippen LogP contribution in [0.4, 0.5) is 0 Å². The summed E-state index contributed by atoms with van der Waals surface area (Å²) in [6.45, 7) is 0.249. The second-order valence-corrected chi connectivity index (χ2v) is 8.51. The Balaban J connectivity index is 0.00000300. The molecule has 0 N–H and O–H groups in total. The topological polar surface area (TPSA) is 158 Å². The van der Waals surface area contributed by atoms with Crippen LogP contribution in [0.15, 0.2) is 12.2 Å². The summed E-state index contributed by atoms with van der Waals surface area (Å²) >= 11 is 0. The Labute approximate surface area is 188 Å². The SMILES string of the molecule is O=C(ON1C(=O)C[C@H](S(=O)(=O)[O-])C1=O)C1CCC(CN2C(=O)C=CC2=O)CC1.[Na+]. The smallest absolute Gasteiger partial charge is 0.747 e. The van der Waals surface area contributed by atoms with Gasteiger partial charge < -0.3 is 9.39 Å². The predicted molar refractivity (Wildman–Crippen MR) is 87.4 cm³/mol. The van der Waals surface area contributed by atoms with Crippen molar-refractivity contribution in [1.82, 2.24) is 9.96 Å². The Morgan fingerprint density at radius 1 is 1.07 bits per heavy atom. The van der Waals surface area contributed by atoms with Crippen LogP contribution in [-0.2, 0) is 38.9 Å². The molecular weight excluding hydrogens is 419 g/mol. The molecule has 0 aromatic heterocycles. The molecule has 0 aromatic carbocycles. The number of rotatable bonds is 5. The molecule has 1 aliphatic carbocycles. The van der Waals surface area contributed by atoms with Gasteiger partial charge in [-0.25, -0.2) is 13.2 Å². The molecule has 0 spiro atoms. The summed E-state index contributed by atoms with van der Waals surface area (Å²) in [5.41, 5.74) is 0. The molecule has 1 saturated carbocycles. The number of carbonyl (C=O) groups is 5. The number of nitrogens with zero attached hydrogens (tertiary/aromatic N) is 2. The van der Waals surface area contributed by atoms with E-state index >= 15 is 0 Å². The van der Waals surface area contributed by atoms with Gasteiger partial charge in [-0.2, -0.15) is 0 Å². The van der Waals surface area contributed by atoms with E-state index in [1.165, 1.54) is 12.2 Å². The Morgan fingerprint density at radius 3 is 2.10 bits per heavy atom. The fourth-order valence-electron chi connectivity index (χ4n) is 3.52. The molecular formula is C16H17N2NaO9S. The average Bonchev–Trinajstić information content (AvgIpc) is 3.09. The van der Waals surface area contributed by atoms with Gasteiger partial charge in [0, 0.05) is 18.7 Å². The molecule has 2 aliphatic heterocycles. The van der Waals surface area contributed by atoms with E-state index < -0.39 is 45.5 Å². The molecule has 4 amide bonds. The van der Waals surface area contributed by atoms with Crippen LogP contribution in [-0.4, -0.2) is 64.3 Å². The van der Waals surface area contributed by atoms with Crippen LogP contribution in [0.5, 0.6) is 0 Å². The third kappa shape index (κ3) is 5.12. The minimum Gasteiger partial charge on any atom is -0.747 e. The average molecular weight is 436 g/mol. The molecule has 0 aromatic rings. The molecule has 0 radical (unpaired) electrons. The first kappa shape index (κ1) is 23.7. The van der Waals surface area contributed by atoms with Gasteiger partial charge in [0.1, 0.15) is 15.4 Å². The summed E-state index contributed by atoms with van der Waals surface area (Å²) in [4.78, 5) is 64.9. The van der Waals surface area contributed by atoms with Gasteiger partial charge >= 0.3 is 35.5 Å². The van der Waals surface area contributed by atoms with Crippen LogP contribution < -0.4 is 29.6 Å². The quantitative estimate of drug-likeness (QED) is 0.237. The van der Waals surface area contributed by atoms with Gasteiger partial charge in [0.05, 0.1) is 12.3 Å². The molecule has 2 fully saturated rings. The van der Waals surface area contributed by atoms with Crippen LogP contribution >= 0.6 is 0 Å². The normalized spacial score (nSPS) is 27.4. The molecule has 152 valence electrons. The van der Waals surface area contributed by atoms with E-state index in [2.05, 4.69) is 0 Å². The first-order chi connectivity index (χ1) is 13.1. The van der Waals surface area contributed by atoms with Crippen molar-refractivity contribution >= 4 is 39.7 Å². The number of imide groups is 2. The molecule has 0 unspecified atom stereocenters. The molecule has 3 rings (SSSR count). The van der Waals surface area contributed by atoms with Crippen molar-refractivity contribution in [2.75, 3.05) is 6.54 Å². The molecule has 1 atom stereocenters. The third-order valence-corrected chi connectivity index (χ3v) is 6.18. The predicted octanol–water partition coefficient (Wildman–Crippen LogP) is -4.15. The Hall–Kier alpha value is -1.60. The van der Waals surface area contributed by atoms with Crippen LogP contribution in [0.1, 0.15) is 32.1 Å². The number of amides is 4. The summed E-state index contributed by atoms with van der Waals surface area (Å²) in [5.74, 6) is -4.64. The van der Waals surface area contributed by atoms with E-state index in [1.54, 1.807) is 0 Å². The molecule has 1 saturated heterocycles. The molecule has 0 bridgehead atoms. The van der Waals surface area contributed by atoms with Gasteiger partial charge in [0.15, 0.2) is 0 Å². The largest absolute Gasteiger partial charge is 1.00 e. The minimum absolute atomic E-state index is 0. The molecule has 29 heavy (non-hydrogen) atoms. The monoisotopic (exact) mass is 436 g/mol. The summed E-state index contributed by atoms with van der Waals surface area (Å²) in [7, 11) is -5.02. The fourth-order valence-corrected chi connectivity index (χ4v) is 4.21. The standard InChI is InChI=1S/C16H18N2O9S.Na/c19-12-5-6-13(20)17(12)8-9-1-3-10(4-2-9)16(23)27-18-14(21)7-11(15(18)22)28(24,25)26;/h5-6,9-11H,1-4,7-8H2,(H,24,25,26);/q;+1/p-1/t9?,10?,11-;/m0./s1. The van der Waals surface area contributed by atoms with Gasteiger partial charge in [-0.3, -0.25) is 24.1 Å². The van der Waals surface area contributed by atoms with Crippen LogP contribution in [0.25, 0.3) is 0 Å².